The first kappa shape index (κ1) is 13.9. The Morgan fingerprint density at radius 2 is 1.86 bits per heavy atom. The molecule has 85 valence electrons. The Hall–Kier alpha value is -0.0900. The van der Waals surface area contributed by atoms with Crippen LogP contribution >= 0.6 is 0 Å². The molecule has 0 aliphatic heterocycles. The van der Waals surface area contributed by atoms with Gasteiger partial charge in [0.1, 0.15) is 0 Å². The highest BCUT2D eigenvalue weighted by atomic mass is 32.2. The second-order valence-electron chi connectivity index (χ2n) is 3.63. The molecule has 14 heavy (non-hydrogen) atoms. The molecule has 0 aromatic rings. The molecule has 0 fully saturated rings. The zero-order valence-corrected chi connectivity index (χ0v) is 9.72. The lowest BCUT2D eigenvalue weighted by Gasteiger charge is -2.11. The van der Waals surface area contributed by atoms with E-state index < -0.39 is 15.4 Å². The lowest BCUT2D eigenvalue weighted by Crippen LogP contribution is -2.20. The van der Waals surface area contributed by atoms with Crippen LogP contribution in [0.2, 0.25) is 0 Å². The monoisotopic (exact) mass is 221 g/mol. The second kappa shape index (κ2) is 7.23. The Kier molecular flexibility index (Phi) is 7.19. The third-order valence-electron chi connectivity index (χ3n) is 2.33. The molecular formula is C10H21O3S. The lowest BCUT2D eigenvalue weighted by molar-refractivity contribution is 0.450. The normalized spacial score (nSPS) is 14.2. The van der Waals surface area contributed by atoms with E-state index in [-0.39, 0.29) is 0 Å². The number of hydrogen-bond donors (Lipinski definition) is 1. The maximum Gasteiger partial charge on any atom is 0.267 e. The molecule has 1 radical (unpaired) electrons. The maximum atomic E-state index is 10.9. The molecule has 0 aliphatic carbocycles. The molecule has 0 bridgehead atoms. The fourth-order valence-electron chi connectivity index (χ4n) is 1.47. The van der Waals surface area contributed by atoms with Crippen LogP contribution in [-0.4, -0.2) is 18.2 Å². The molecule has 0 saturated heterocycles. The van der Waals surface area contributed by atoms with Gasteiger partial charge >= 0.3 is 0 Å². The third kappa shape index (κ3) is 6.38. The minimum atomic E-state index is -3.85. The summed E-state index contributed by atoms with van der Waals surface area (Å²) in [5.41, 5.74) is 0. The minimum absolute atomic E-state index is 0.463. The molecule has 4 heteroatoms. The van der Waals surface area contributed by atoms with E-state index in [9.17, 15) is 8.42 Å². The van der Waals surface area contributed by atoms with Crippen LogP contribution < -0.4 is 0 Å². The number of rotatable bonds is 8. The molecule has 1 unspecified atom stereocenters. The summed E-state index contributed by atoms with van der Waals surface area (Å²) in [6.45, 7) is 5.72. The van der Waals surface area contributed by atoms with Crippen LogP contribution in [0.1, 0.15) is 51.9 Å². The molecule has 1 atom stereocenters. The summed E-state index contributed by atoms with van der Waals surface area (Å²) in [6.07, 6.45) is 5.75. The van der Waals surface area contributed by atoms with Gasteiger partial charge in [-0.05, 0) is 12.8 Å². The van der Waals surface area contributed by atoms with E-state index >= 15 is 0 Å². The molecule has 0 spiro atoms. The summed E-state index contributed by atoms with van der Waals surface area (Å²) >= 11 is 0. The van der Waals surface area contributed by atoms with Gasteiger partial charge in [-0.1, -0.05) is 46.0 Å². The van der Waals surface area contributed by atoms with Crippen molar-refractivity contribution in [3.05, 3.63) is 6.92 Å². The summed E-state index contributed by atoms with van der Waals surface area (Å²) in [5.74, 6) is 0. The first-order valence-electron chi connectivity index (χ1n) is 5.28. The Balaban J connectivity index is 3.87. The predicted molar refractivity (Wildman–Crippen MR) is 58.7 cm³/mol. The minimum Gasteiger partial charge on any atom is -0.285 e. The maximum absolute atomic E-state index is 10.9. The average Bonchev–Trinajstić information content (AvgIpc) is 2.08. The highest BCUT2D eigenvalue weighted by Gasteiger charge is 2.20. The van der Waals surface area contributed by atoms with Gasteiger partial charge in [0.15, 0.2) is 0 Å². The number of unbranched alkanes of at least 4 members (excludes halogenated alkanes) is 3. The molecule has 0 aromatic carbocycles. The average molecular weight is 221 g/mol. The quantitative estimate of drug-likeness (QED) is 0.506. The van der Waals surface area contributed by atoms with Crippen LogP contribution in [0.3, 0.4) is 0 Å². The molecule has 3 nitrogen and oxygen atoms in total. The highest BCUT2D eigenvalue weighted by molar-refractivity contribution is 7.86. The van der Waals surface area contributed by atoms with Gasteiger partial charge in [-0.15, -0.1) is 0 Å². The molecule has 0 amide bonds. The van der Waals surface area contributed by atoms with Gasteiger partial charge in [0.2, 0.25) is 0 Å². The first-order valence-corrected chi connectivity index (χ1v) is 6.78. The van der Waals surface area contributed by atoms with Gasteiger partial charge in [0.05, 0.1) is 5.25 Å². The van der Waals surface area contributed by atoms with Crippen LogP contribution in [-0.2, 0) is 10.1 Å². The van der Waals surface area contributed by atoms with Gasteiger partial charge in [-0.25, -0.2) is 0 Å². The highest BCUT2D eigenvalue weighted by Crippen LogP contribution is 2.15. The summed E-state index contributed by atoms with van der Waals surface area (Å²) in [7, 11) is -3.85. The van der Waals surface area contributed by atoms with E-state index in [0.29, 0.717) is 19.3 Å². The smallest absolute Gasteiger partial charge is 0.267 e. The molecule has 0 saturated carbocycles. The zero-order valence-electron chi connectivity index (χ0n) is 8.91. The Morgan fingerprint density at radius 3 is 2.29 bits per heavy atom. The molecule has 0 aliphatic rings. The van der Waals surface area contributed by atoms with Crippen molar-refractivity contribution in [2.75, 3.05) is 0 Å². The van der Waals surface area contributed by atoms with Crippen LogP contribution in [0.15, 0.2) is 0 Å². The molecule has 0 heterocycles. The first-order chi connectivity index (χ1) is 6.52. The van der Waals surface area contributed by atoms with Gasteiger partial charge < -0.3 is 0 Å². The molecule has 1 N–H and O–H groups in total. The fraction of sp³-hybridized carbons (Fsp3) is 0.900. The van der Waals surface area contributed by atoms with E-state index in [1.54, 1.807) is 0 Å². The standard InChI is InChI=1S/C10H21O3S/c1-3-5-6-7-9-10(8-4-2)14(11,12)13/h10H,2-9H2,1H3,(H,11,12,13). The molecule has 0 aromatic heterocycles. The van der Waals surface area contributed by atoms with Crippen LogP contribution in [0, 0.1) is 6.92 Å². The summed E-state index contributed by atoms with van der Waals surface area (Å²) < 4.78 is 30.7. The van der Waals surface area contributed by atoms with Crippen molar-refractivity contribution in [1.29, 1.82) is 0 Å². The van der Waals surface area contributed by atoms with Gasteiger partial charge in [0, 0.05) is 0 Å². The van der Waals surface area contributed by atoms with Crippen molar-refractivity contribution in [3.8, 4) is 0 Å². The van der Waals surface area contributed by atoms with Crippen molar-refractivity contribution >= 4 is 10.1 Å². The van der Waals surface area contributed by atoms with Crippen molar-refractivity contribution in [3.63, 3.8) is 0 Å². The third-order valence-corrected chi connectivity index (χ3v) is 3.64. The predicted octanol–water partition coefficient (Wildman–Crippen LogP) is 2.83. The van der Waals surface area contributed by atoms with E-state index in [0.717, 1.165) is 25.7 Å². The second-order valence-corrected chi connectivity index (χ2v) is 5.33. The van der Waals surface area contributed by atoms with Gasteiger partial charge in [0.25, 0.3) is 10.1 Å². The van der Waals surface area contributed by atoms with Crippen molar-refractivity contribution in [2.24, 2.45) is 0 Å². The Morgan fingerprint density at radius 1 is 1.21 bits per heavy atom. The lowest BCUT2D eigenvalue weighted by atomic mass is 10.1. The van der Waals surface area contributed by atoms with E-state index in [2.05, 4.69) is 13.8 Å². The number of hydrogen-bond acceptors (Lipinski definition) is 2. The Bertz CT molecular complexity index is 222. The van der Waals surface area contributed by atoms with Crippen molar-refractivity contribution in [1.82, 2.24) is 0 Å². The van der Waals surface area contributed by atoms with Crippen molar-refractivity contribution in [2.45, 2.75) is 57.1 Å². The topological polar surface area (TPSA) is 54.4 Å². The van der Waals surface area contributed by atoms with Gasteiger partial charge in [-0.3, -0.25) is 4.55 Å². The van der Waals surface area contributed by atoms with Crippen LogP contribution in [0.4, 0.5) is 0 Å². The molecule has 0 rings (SSSR count). The van der Waals surface area contributed by atoms with E-state index in [4.69, 9.17) is 4.55 Å². The van der Waals surface area contributed by atoms with Gasteiger partial charge in [-0.2, -0.15) is 8.42 Å². The Labute approximate surface area is 87.7 Å². The zero-order chi connectivity index (χ0) is 11.0. The largest absolute Gasteiger partial charge is 0.285 e. The van der Waals surface area contributed by atoms with E-state index in [1.807, 2.05) is 0 Å². The summed E-state index contributed by atoms with van der Waals surface area (Å²) in [6, 6.07) is 0. The van der Waals surface area contributed by atoms with Crippen molar-refractivity contribution < 1.29 is 13.0 Å². The van der Waals surface area contributed by atoms with Crippen LogP contribution in [0.5, 0.6) is 0 Å². The fourth-order valence-corrected chi connectivity index (χ4v) is 2.40. The molecular weight excluding hydrogens is 200 g/mol. The SMILES string of the molecule is [CH2]CCC(CCCCCC)S(=O)(=O)O. The summed E-state index contributed by atoms with van der Waals surface area (Å²) in [5, 5.41) is -0.600. The summed E-state index contributed by atoms with van der Waals surface area (Å²) in [4.78, 5) is 0. The van der Waals surface area contributed by atoms with Crippen LogP contribution in [0.25, 0.3) is 0 Å². The van der Waals surface area contributed by atoms with E-state index in [1.165, 1.54) is 0 Å².